The topological polar surface area (TPSA) is 0 Å². The third-order valence-electron chi connectivity index (χ3n) is 2.43. The SMILES string of the molecule is CCCC[SH]1C=Cc2ccccc21. The molecule has 0 spiro atoms. The molecule has 0 N–H and O–H groups in total. The van der Waals surface area contributed by atoms with Crippen molar-refractivity contribution in [3.8, 4) is 0 Å². The molecule has 13 heavy (non-hydrogen) atoms. The molecule has 0 aromatic heterocycles. The van der Waals surface area contributed by atoms with Gasteiger partial charge in [-0.15, -0.1) is 0 Å². The fourth-order valence-corrected chi connectivity index (χ4v) is 3.97. The van der Waals surface area contributed by atoms with E-state index < -0.39 is 0 Å². The molecule has 2 rings (SSSR count). The second-order valence-corrected chi connectivity index (χ2v) is 5.59. The van der Waals surface area contributed by atoms with Gasteiger partial charge in [-0.2, -0.15) is 0 Å². The Morgan fingerprint density at radius 3 is 2.92 bits per heavy atom. The van der Waals surface area contributed by atoms with E-state index in [0.29, 0.717) is 0 Å². The van der Waals surface area contributed by atoms with Gasteiger partial charge in [-0.1, -0.05) is 31.5 Å². The predicted molar refractivity (Wildman–Crippen MR) is 62.5 cm³/mol. The van der Waals surface area contributed by atoms with Crippen LogP contribution in [0.4, 0.5) is 0 Å². The van der Waals surface area contributed by atoms with Crippen LogP contribution in [0, 0.1) is 0 Å². The molecule has 1 aromatic rings. The monoisotopic (exact) mass is 192 g/mol. The van der Waals surface area contributed by atoms with Crippen molar-refractivity contribution in [2.45, 2.75) is 24.7 Å². The van der Waals surface area contributed by atoms with Gasteiger partial charge >= 0.3 is 0 Å². The first-order chi connectivity index (χ1) is 6.42. The maximum absolute atomic E-state index is 2.41. The fourth-order valence-electron chi connectivity index (χ4n) is 1.66. The van der Waals surface area contributed by atoms with Crippen LogP contribution < -0.4 is 0 Å². The van der Waals surface area contributed by atoms with E-state index in [9.17, 15) is 0 Å². The van der Waals surface area contributed by atoms with E-state index in [1.165, 1.54) is 24.2 Å². The fraction of sp³-hybridized carbons (Fsp3) is 0.333. The van der Waals surface area contributed by atoms with E-state index in [0.717, 1.165) is 0 Å². The molecule has 0 nitrogen and oxygen atoms in total. The van der Waals surface area contributed by atoms with Gasteiger partial charge in [-0.3, -0.25) is 0 Å². The van der Waals surface area contributed by atoms with Crippen LogP contribution in [0.3, 0.4) is 0 Å². The zero-order valence-electron chi connectivity index (χ0n) is 8.03. The summed E-state index contributed by atoms with van der Waals surface area (Å²) in [6, 6.07) is 8.80. The average molecular weight is 192 g/mol. The highest BCUT2D eigenvalue weighted by atomic mass is 32.2. The van der Waals surface area contributed by atoms with Gasteiger partial charge in [0.1, 0.15) is 0 Å². The Kier molecular flexibility index (Phi) is 2.74. The largest absolute Gasteiger partial charge is 0.206 e. The molecule has 0 radical (unpaired) electrons. The van der Waals surface area contributed by atoms with Crippen LogP contribution in [0.1, 0.15) is 25.3 Å². The average Bonchev–Trinajstić information content (AvgIpc) is 2.58. The maximum atomic E-state index is 2.41. The van der Waals surface area contributed by atoms with Gasteiger partial charge in [0, 0.05) is 0 Å². The van der Waals surface area contributed by atoms with Crippen LogP contribution in [0.25, 0.3) is 6.08 Å². The lowest BCUT2D eigenvalue weighted by atomic mass is 10.2. The van der Waals surface area contributed by atoms with Crippen molar-refractivity contribution in [3.05, 3.63) is 35.2 Å². The molecule has 0 bridgehead atoms. The van der Waals surface area contributed by atoms with Crippen LogP contribution in [0.15, 0.2) is 34.6 Å². The number of fused-ring (bicyclic) bond motifs is 1. The van der Waals surface area contributed by atoms with Crippen molar-refractivity contribution >= 4 is 17.0 Å². The molecule has 0 aliphatic carbocycles. The number of rotatable bonds is 3. The molecular weight excluding hydrogens is 176 g/mol. The molecule has 0 saturated carbocycles. The first-order valence-electron chi connectivity index (χ1n) is 4.95. The highest BCUT2D eigenvalue weighted by Gasteiger charge is 2.11. The van der Waals surface area contributed by atoms with Crippen molar-refractivity contribution in [1.82, 2.24) is 0 Å². The molecule has 1 heteroatoms. The summed E-state index contributed by atoms with van der Waals surface area (Å²) in [5, 5.41) is 2.41. The standard InChI is InChI=1S/C12H16S/c1-2-3-9-13-10-8-11-6-4-5-7-12(11)13/h4-8,10,13H,2-3,9H2,1H3. The molecule has 1 heterocycles. The Morgan fingerprint density at radius 2 is 2.08 bits per heavy atom. The van der Waals surface area contributed by atoms with Gasteiger partial charge in [0.15, 0.2) is 0 Å². The van der Waals surface area contributed by atoms with Crippen LogP contribution >= 0.6 is 10.9 Å². The van der Waals surface area contributed by atoms with Gasteiger partial charge < -0.3 is 0 Å². The number of hydrogen-bond donors (Lipinski definition) is 1. The summed E-state index contributed by atoms with van der Waals surface area (Å²) < 4.78 is 0. The number of benzene rings is 1. The summed E-state index contributed by atoms with van der Waals surface area (Å²) >= 11 is 0. The molecule has 0 fully saturated rings. The van der Waals surface area contributed by atoms with E-state index in [1.54, 1.807) is 4.90 Å². The van der Waals surface area contributed by atoms with E-state index in [2.05, 4.69) is 42.7 Å². The van der Waals surface area contributed by atoms with Gasteiger partial charge in [0.2, 0.25) is 0 Å². The smallest absolute Gasteiger partial charge is 0.00174 e. The summed E-state index contributed by atoms with van der Waals surface area (Å²) in [5.41, 5.74) is 1.45. The lowest BCUT2D eigenvalue weighted by Gasteiger charge is -2.14. The van der Waals surface area contributed by atoms with Crippen LogP contribution in [0.5, 0.6) is 0 Å². The predicted octanol–water partition coefficient (Wildman–Crippen LogP) is 3.83. The Labute approximate surface area is 83.0 Å². The van der Waals surface area contributed by atoms with Gasteiger partial charge in [-0.25, -0.2) is 10.9 Å². The van der Waals surface area contributed by atoms with Crippen molar-refractivity contribution in [1.29, 1.82) is 0 Å². The van der Waals surface area contributed by atoms with Gasteiger partial charge in [0.05, 0.1) is 0 Å². The third kappa shape index (κ3) is 1.80. The molecule has 1 aromatic carbocycles. The van der Waals surface area contributed by atoms with Crippen molar-refractivity contribution in [2.75, 3.05) is 5.75 Å². The maximum Gasteiger partial charge on any atom is -0.00174 e. The Balaban J connectivity index is 2.14. The van der Waals surface area contributed by atoms with E-state index in [-0.39, 0.29) is 10.9 Å². The zero-order valence-corrected chi connectivity index (χ0v) is 8.93. The van der Waals surface area contributed by atoms with Crippen molar-refractivity contribution < 1.29 is 0 Å². The summed E-state index contributed by atoms with van der Waals surface area (Å²) in [6.45, 7) is 2.26. The minimum atomic E-state index is 0.0526. The van der Waals surface area contributed by atoms with E-state index in [4.69, 9.17) is 0 Å². The van der Waals surface area contributed by atoms with E-state index in [1.807, 2.05) is 0 Å². The number of hydrogen-bond acceptors (Lipinski definition) is 0. The summed E-state index contributed by atoms with van der Waals surface area (Å²) in [7, 11) is 0.0526. The minimum absolute atomic E-state index is 0.0526. The van der Waals surface area contributed by atoms with Gasteiger partial charge in [-0.05, 0) is 40.2 Å². The van der Waals surface area contributed by atoms with Crippen molar-refractivity contribution in [2.24, 2.45) is 0 Å². The Bertz CT molecular complexity index is 315. The minimum Gasteiger partial charge on any atom is -0.206 e. The first-order valence-corrected chi connectivity index (χ1v) is 6.55. The zero-order chi connectivity index (χ0) is 9.10. The lowest BCUT2D eigenvalue weighted by Crippen LogP contribution is -1.85. The normalized spacial score (nSPS) is 21.8. The van der Waals surface area contributed by atoms with Gasteiger partial charge in [0.25, 0.3) is 0 Å². The number of thiol groups is 1. The summed E-state index contributed by atoms with van der Waals surface area (Å²) in [4.78, 5) is 1.59. The Hall–Kier alpha value is -0.690. The molecule has 70 valence electrons. The summed E-state index contributed by atoms with van der Waals surface area (Å²) in [5.74, 6) is 1.37. The molecule has 1 aliphatic rings. The van der Waals surface area contributed by atoms with Crippen LogP contribution in [-0.2, 0) is 0 Å². The molecule has 0 saturated heterocycles. The second kappa shape index (κ2) is 4.01. The molecule has 1 atom stereocenters. The quantitative estimate of drug-likeness (QED) is 0.691. The second-order valence-electron chi connectivity index (χ2n) is 3.42. The van der Waals surface area contributed by atoms with E-state index >= 15 is 0 Å². The highest BCUT2D eigenvalue weighted by molar-refractivity contribution is 8.20. The summed E-state index contributed by atoms with van der Waals surface area (Å²) in [6.07, 6.45) is 4.97. The number of unbranched alkanes of at least 4 members (excludes halogenated alkanes) is 1. The lowest BCUT2D eigenvalue weighted by molar-refractivity contribution is 0.895. The van der Waals surface area contributed by atoms with Crippen LogP contribution in [0.2, 0.25) is 0 Å². The van der Waals surface area contributed by atoms with Crippen LogP contribution in [-0.4, -0.2) is 5.75 Å². The molecular formula is C12H16S. The first kappa shape index (κ1) is 8.89. The third-order valence-corrected chi connectivity index (χ3v) is 4.77. The molecule has 1 aliphatic heterocycles. The van der Waals surface area contributed by atoms with Crippen molar-refractivity contribution in [3.63, 3.8) is 0 Å². The molecule has 1 unspecified atom stereocenters. The Morgan fingerprint density at radius 1 is 1.23 bits per heavy atom. The molecule has 0 amide bonds. The highest BCUT2D eigenvalue weighted by Crippen LogP contribution is 2.46.